The van der Waals surface area contributed by atoms with Crippen LogP contribution in [-0.4, -0.2) is 26.2 Å². The Morgan fingerprint density at radius 1 is 1.33 bits per heavy atom. The van der Waals surface area contributed by atoms with Gasteiger partial charge in [0.15, 0.2) is 15.6 Å². The van der Waals surface area contributed by atoms with Crippen molar-refractivity contribution in [3.63, 3.8) is 0 Å². The molecule has 0 amide bonds. The minimum absolute atomic E-state index is 0.340. The summed E-state index contributed by atoms with van der Waals surface area (Å²) in [7, 11) is -3.24. The Morgan fingerprint density at radius 3 is 2.53 bits per heavy atom. The number of hydrogen-bond donors (Lipinski definition) is 0. The van der Waals surface area contributed by atoms with E-state index in [1.165, 1.54) is 0 Å². The number of carbonyl (C=O) groups excluding carboxylic acids is 1. The molecule has 1 aromatic rings. The van der Waals surface area contributed by atoms with Crippen LogP contribution in [0.5, 0.6) is 0 Å². The number of ketones is 1. The van der Waals surface area contributed by atoms with E-state index in [0.29, 0.717) is 5.56 Å². The molecule has 82 valence electrons. The summed E-state index contributed by atoms with van der Waals surface area (Å²) in [6.45, 7) is 1.99. The van der Waals surface area contributed by atoms with E-state index >= 15 is 0 Å². The lowest BCUT2D eigenvalue weighted by Gasteiger charge is -2.01. The summed E-state index contributed by atoms with van der Waals surface area (Å²) in [5, 5.41) is 0. The van der Waals surface area contributed by atoms with E-state index in [-0.39, 0.29) is 5.78 Å². The molecule has 0 fully saturated rings. The highest BCUT2D eigenvalue weighted by Crippen LogP contribution is 2.07. The minimum atomic E-state index is -3.24. The molecule has 0 aliphatic heterocycles. The summed E-state index contributed by atoms with van der Waals surface area (Å²) in [6, 6.07) is 7.08. The van der Waals surface area contributed by atoms with Crippen LogP contribution in [0.25, 0.3) is 0 Å². The third kappa shape index (κ3) is 3.83. The number of rotatable bonds is 4. The molecule has 0 aromatic heterocycles. The molecular weight excluding hydrogens is 212 g/mol. The summed E-state index contributed by atoms with van der Waals surface area (Å²) in [5.41, 5.74) is 1.51. The number of benzene rings is 1. The first-order valence-corrected chi connectivity index (χ1v) is 6.78. The SMILES string of the molecule is CCc1cccc(C(=O)CS(C)(=O)=O)c1. The highest BCUT2D eigenvalue weighted by atomic mass is 32.2. The maximum Gasteiger partial charge on any atom is 0.177 e. The molecule has 0 bridgehead atoms. The van der Waals surface area contributed by atoms with Gasteiger partial charge in [-0.3, -0.25) is 4.79 Å². The Labute approximate surface area is 90.0 Å². The lowest BCUT2D eigenvalue weighted by molar-refractivity contribution is 0.102. The number of sulfone groups is 1. The van der Waals surface area contributed by atoms with Gasteiger partial charge in [-0.1, -0.05) is 25.1 Å². The van der Waals surface area contributed by atoms with E-state index < -0.39 is 15.6 Å². The minimum Gasteiger partial charge on any atom is -0.293 e. The Hall–Kier alpha value is -1.16. The molecular formula is C11H14O3S. The first kappa shape index (κ1) is 11.9. The zero-order valence-corrected chi connectivity index (χ0v) is 9.67. The van der Waals surface area contributed by atoms with Gasteiger partial charge in [-0.15, -0.1) is 0 Å². The van der Waals surface area contributed by atoms with Gasteiger partial charge in [-0.2, -0.15) is 0 Å². The summed E-state index contributed by atoms with van der Waals surface area (Å²) in [5.74, 6) is -0.757. The molecule has 0 heterocycles. The van der Waals surface area contributed by atoms with Gasteiger partial charge in [-0.25, -0.2) is 8.42 Å². The molecule has 0 N–H and O–H groups in total. The van der Waals surface area contributed by atoms with Crippen molar-refractivity contribution in [2.24, 2.45) is 0 Å². The first-order chi connectivity index (χ1) is 6.92. The number of Topliss-reactive ketones (excluding diaryl/α,β-unsaturated/α-hetero) is 1. The van der Waals surface area contributed by atoms with Gasteiger partial charge in [0.25, 0.3) is 0 Å². The molecule has 0 spiro atoms. The Bertz CT molecular complexity index is 460. The molecule has 3 nitrogen and oxygen atoms in total. The molecule has 0 unspecified atom stereocenters. The van der Waals surface area contributed by atoms with Crippen LogP contribution in [0, 0.1) is 0 Å². The highest BCUT2D eigenvalue weighted by molar-refractivity contribution is 7.91. The second-order valence-corrected chi connectivity index (χ2v) is 5.69. The predicted octanol–water partition coefficient (Wildman–Crippen LogP) is 1.48. The van der Waals surface area contributed by atoms with Crippen molar-refractivity contribution in [1.29, 1.82) is 0 Å². The van der Waals surface area contributed by atoms with Crippen LogP contribution in [0.1, 0.15) is 22.8 Å². The summed E-state index contributed by atoms with van der Waals surface area (Å²) >= 11 is 0. The monoisotopic (exact) mass is 226 g/mol. The molecule has 1 aromatic carbocycles. The van der Waals surface area contributed by atoms with Crippen LogP contribution < -0.4 is 0 Å². The van der Waals surface area contributed by atoms with Crippen LogP contribution in [0.4, 0.5) is 0 Å². The molecule has 4 heteroatoms. The van der Waals surface area contributed by atoms with Gasteiger partial charge >= 0.3 is 0 Å². The van der Waals surface area contributed by atoms with E-state index in [2.05, 4.69) is 0 Å². The highest BCUT2D eigenvalue weighted by Gasteiger charge is 2.12. The standard InChI is InChI=1S/C11H14O3S/c1-3-9-5-4-6-10(7-9)11(12)8-15(2,13)14/h4-7H,3,8H2,1-2H3. The fourth-order valence-electron chi connectivity index (χ4n) is 1.29. The summed E-state index contributed by atoms with van der Waals surface area (Å²) < 4.78 is 21.9. The van der Waals surface area contributed by atoms with E-state index in [4.69, 9.17) is 0 Å². The van der Waals surface area contributed by atoms with Crippen LogP contribution in [0.2, 0.25) is 0 Å². The topological polar surface area (TPSA) is 51.2 Å². The molecule has 0 saturated carbocycles. The fraction of sp³-hybridized carbons (Fsp3) is 0.364. The molecule has 15 heavy (non-hydrogen) atoms. The summed E-state index contributed by atoms with van der Waals surface area (Å²) in [4.78, 5) is 11.5. The van der Waals surface area contributed by atoms with Crippen molar-refractivity contribution in [1.82, 2.24) is 0 Å². The van der Waals surface area contributed by atoms with Gasteiger partial charge in [0.1, 0.15) is 5.75 Å². The van der Waals surface area contributed by atoms with Crippen LogP contribution in [-0.2, 0) is 16.3 Å². The van der Waals surface area contributed by atoms with Gasteiger partial charge in [-0.05, 0) is 18.1 Å². The first-order valence-electron chi connectivity index (χ1n) is 4.72. The van der Waals surface area contributed by atoms with Crippen LogP contribution in [0.15, 0.2) is 24.3 Å². The van der Waals surface area contributed by atoms with Gasteiger partial charge in [0.05, 0.1) is 0 Å². The average Bonchev–Trinajstić information content (AvgIpc) is 2.15. The predicted molar refractivity (Wildman–Crippen MR) is 59.9 cm³/mol. The Morgan fingerprint density at radius 2 is 2.00 bits per heavy atom. The molecule has 1 rings (SSSR count). The number of carbonyl (C=O) groups is 1. The van der Waals surface area contributed by atoms with E-state index in [9.17, 15) is 13.2 Å². The van der Waals surface area contributed by atoms with Gasteiger partial charge in [0.2, 0.25) is 0 Å². The quantitative estimate of drug-likeness (QED) is 0.731. The van der Waals surface area contributed by atoms with Crippen molar-refractivity contribution >= 4 is 15.6 Å². The smallest absolute Gasteiger partial charge is 0.177 e. The second-order valence-electron chi connectivity index (χ2n) is 3.55. The third-order valence-corrected chi connectivity index (χ3v) is 2.84. The normalized spacial score (nSPS) is 11.3. The summed E-state index contributed by atoms with van der Waals surface area (Å²) in [6.07, 6.45) is 1.90. The Kier molecular flexibility index (Phi) is 3.63. The van der Waals surface area contributed by atoms with Gasteiger partial charge in [0, 0.05) is 11.8 Å². The number of aryl methyl sites for hydroxylation is 1. The van der Waals surface area contributed by atoms with Crippen molar-refractivity contribution in [3.8, 4) is 0 Å². The van der Waals surface area contributed by atoms with E-state index in [1.54, 1.807) is 18.2 Å². The van der Waals surface area contributed by atoms with E-state index in [0.717, 1.165) is 18.2 Å². The molecule has 0 radical (unpaired) electrons. The van der Waals surface area contributed by atoms with Crippen molar-refractivity contribution in [2.45, 2.75) is 13.3 Å². The molecule has 0 saturated heterocycles. The van der Waals surface area contributed by atoms with Crippen LogP contribution in [0.3, 0.4) is 0 Å². The van der Waals surface area contributed by atoms with Crippen LogP contribution >= 0.6 is 0 Å². The van der Waals surface area contributed by atoms with Crippen molar-refractivity contribution in [2.75, 3.05) is 12.0 Å². The molecule has 0 aliphatic carbocycles. The van der Waals surface area contributed by atoms with Gasteiger partial charge < -0.3 is 0 Å². The maximum absolute atomic E-state index is 11.5. The van der Waals surface area contributed by atoms with Crippen molar-refractivity contribution < 1.29 is 13.2 Å². The largest absolute Gasteiger partial charge is 0.293 e. The lowest BCUT2D eigenvalue weighted by atomic mass is 10.1. The average molecular weight is 226 g/mol. The fourth-order valence-corrected chi connectivity index (χ4v) is 1.93. The zero-order valence-electron chi connectivity index (χ0n) is 8.86. The van der Waals surface area contributed by atoms with Crippen molar-refractivity contribution in [3.05, 3.63) is 35.4 Å². The molecule has 0 aliphatic rings. The third-order valence-electron chi connectivity index (χ3n) is 2.05. The Balaban J connectivity index is 2.92. The lowest BCUT2D eigenvalue weighted by Crippen LogP contribution is -2.14. The maximum atomic E-state index is 11.5. The zero-order chi connectivity index (χ0) is 11.5. The second kappa shape index (κ2) is 4.57. The van der Waals surface area contributed by atoms with E-state index in [1.807, 2.05) is 13.0 Å². The number of hydrogen-bond acceptors (Lipinski definition) is 3. The molecule has 0 atom stereocenters.